The molecule has 0 aromatic carbocycles. The van der Waals surface area contributed by atoms with E-state index in [1.54, 1.807) is 6.33 Å². The molecule has 0 saturated heterocycles. The molecule has 1 aromatic heterocycles. The second-order valence-corrected chi connectivity index (χ2v) is 5.75. The van der Waals surface area contributed by atoms with Crippen LogP contribution in [0.1, 0.15) is 45.1 Å². The number of nitrogens with zero attached hydrogens (tertiary/aromatic N) is 2. The molecule has 2 N–H and O–H groups in total. The van der Waals surface area contributed by atoms with Crippen molar-refractivity contribution in [2.45, 2.75) is 46.0 Å². The van der Waals surface area contributed by atoms with Crippen LogP contribution >= 0.6 is 11.8 Å². The van der Waals surface area contributed by atoms with E-state index >= 15 is 0 Å². The predicted molar refractivity (Wildman–Crippen MR) is 90.9 cm³/mol. The Morgan fingerprint density at radius 1 is 1.00 bits per heavy atom. The Bertz CT molecular complexity index is 371. The minimum Gasteiger partial charge on any atom is -0.370 e. The molecular formula is C15H28N4S. The molecule has 20 heavy (non-hydrogen) atoms. The lowest BCUT2D eigenvalue weighted by molar-refractivity contribution is 0.688. The van der Waals surface area contributed by atoms with Gasteiger partial charge in [0.1, 0.15) is 18.0 Å². The molecule has 1 rings (SSSR count). The molecule has 0 aliphatic rings. The third-order valence-electron chi connectivity index (χ3n) is 3.21. The lowest BCUT2D eigenvalue weighted by Gasteiger charge is -2.13. The van der Waals surface area contributed by atoms with Crippen LogP contribution in [0.3, 0.4) is 0 Å². The van der Waals surface area contributed by atoms with Gasteiger partial charge in [0.05, 0.1) is 0 Å². The molecule has 0 amide bonds. The predicted octanol–water partition coefficient (Wildman–Crippen LogP) is 3.81. The zero-order valence-electron chi connectivity index (χ0n) is 13.0. The molecule has 5 heteroatoms. The minimum absolute atomic E-state index is 0.888. The molecule has 0 saturated carbocycles. The molecule has 0 bridgehead atoms. The van der Waals surface area contributed by atoms with Crippen molar-refractivity contribution in [2.24, 2.45) is 0 Å². The second-order valence-electron chi connectivity index (χ2n) is 4.77. The fraction of sp³-hybridized carbons (Fsp3) is 0.733. The summed E-state index contributed by atoms with van der Waals surface area (Å²) < 4.78 is 0. The van der Waals surface area contributed by atoms with Gasteiger partial charge < -0.3 is 10.6 Å². The molecule has 1 heterocycles. The highest BCUT2D eigenvalue weighted by Gasteiger charge is 2.08. The summed E-state index contributed by atoms with van der Waals surface area (Å²) in [5, 5.41) is 6.76. The van der Waals surface area contributed by atoms with Crippen LogP contribution in [0.5, 0.6) is 0 Å². The van der Waals surface area contributed by atoms with Gasteiger partial charge in [-0.1, -0.05) is 19.8 Å². The number of hydrogen-bond acceptors (Lipinski definition) is 5. The first-order chi connectivity index (χ1) is 9.83. The van der Waals surface area contributed by atoms with Gasteiger partial charge in [-0.25, -0.2) is 9.97 Å². The maximum absolute atomic E-state index is 4.37. The van der Waals surface area contributed by atoms with Crippen LogP contribution in [0.4, 0.5) is 11.6 Å². The van der Waals surface area contributed by atoms with E-state index in [0.29, 0.717) is 0 Å². The molecule has 0 radical (unpaired) electrons. The number of nitrogens with one attached hydrogen (secondary N) is 2. The fourth-order valence-electron chi connectivity index (χ4n) is 2.15. The summed E-state index contributed by atoms with van der Waals surface area (Å²) in [4.78, 5) is 8.69. The van der Waals surface area contributed by atoms with Crippen LogP contribution in [-0.4, -0.2) is 35.1 Å². The normalized spacial score (nSPS) is 10.6. The number of hydrogen-bond donors (Lipinski definition) is 2. The van der Waals surface area contributed by atoms with Crippen LogP contribution in [0, 0.1) is 0 Å². The first-order valence-corrected chi connectivity index (χ1v) is 9.03. The van der Waals surface area contributed by atoms with E-state index in [2.05, 4.69) is 40.7 Å². The van der Waals surface area contributed by atoms with Crippen LogP contribution < -0.4 is 10.6 Å². The topological polar surface area (TPSA) is 49.8 Å². The summed E-state index contributed by atoms with van der Waals surface area (Å²) in [6, 6.07) is 0. The van der Waals surface area contributed by atoms with E-state index in [9.17, 15) is 0 Å². The molecule has 0 aliphatic heterocycles. The molecule has 0 aliphatic carbocycles. The number of anilines is 2. The Kier molecular flexibility index (Phi) is 9.20. The molecule has 4 nitrogen and oxygen atoms in total. The van der Waals surface area contributed by atoms with Gasteiger partial charge in [0, 0.05) is 18.7 Å². The van der Waals surface area contributed by atoms with E-state index in [-0.39, 0.29) is 0 Å². The Hall–Kier alpha value is -0.970. The highest BCUT2D eigenvalue weighted by Crippen LogP contribution is 2.20. The van der Waals surface area contributed by atoms with Gasteiger partial charge in [-0.2, -0.15) is 11.8 Å². The third kappa shape index (κ3) is 5.99. The highest BCUT2D eigenvalue weighted by molar-refractivity contribution is 7.98. The van der Waals surface area contributed by atoms with Crippen LogP contribution in [0.25, 0.3) is 0 Å². The van der Waals surface area contributed by atoms with Gasteiger partial charge in [-0.15, -0.1) is 0 Å². The lowest BCUT2D eigenvalue weighted by atomic mass is 10.2. The number of aromatic nitrogens is 2. The van der Waals surface area contributed by atoms with Gasteiger partial charge in [-0.05, 0) is 38.2 Å². The van der Waals surface area contributed by atoms with Crippen molar-refractivity contribution in [2.75, 3.05) is 35.7 Å². The van der Waals surface area contributed by atoms with Gasteiger partial charge in [-0.3, -0.25) is 0 Å². The maximum atomic E-state index is 4.37. The number of unbranched alkanes of at least 4 members (excludes halogenated alkanes) is 3. The smallest absolute Gasteiger partial charge is 0.134 e. The highest BCUT2D eigenvalue weighted by atomic mass is 32.2. The summed E-state index contributed by atoms with van der Waals surface area (Å²) in [6.07, 6.45) is 9.91. The second kappa shape index (κ2) is 10.8. The van der Waals surface area contributed by atoms with Gasteiger partial charge in [0.2, 0.25) is 0 Å². The largest absolute Gasteiger partial charge is 0.370 e. The zero-order valence-corrected chi connectivity index (χ0v) is 13.9. The standard InChI is InChI=1S/C15H28N4S/c1-4-13-14(16-5-2)18-12-19-15(13)17-10-8-6-7-9-11-20-3/h12H,4-11H2,1-3H3,(H2,16,17,18,19). The minimum atomic E-state index is 0.888. The lowest BCUT2D eigenvalue weighted by Crippen LogP contribution is -2.10. The van der Waals surface area contributed by atoms with Crippen molar-refractivity contribution < 1.29 is 0 Å². The van der Waals surface area contributed by atoms with Crippen molar-refractivity contribution in [3.05, 3.63) is 11.9 Å². The first-order valence-electron chi connectivity index (χ1n) is 7.64. The number of thioether (sulfide) groups is 1. The van der Waals surface area contributed by atoms with Crippen LogP contribution in [0.15, 0.2) is 6.33 Å². The van der Waals surface area contributed by atoms with Gasteiger partial charge in [0.25, 0.3) is 0 Å². The average molecular weight is 296 g/mol. The quantitative estimate of drug-likeness (QED) is 0.608. The molecule has 1 aromatic rings. The zero-order chi connectivity index (χ0) is 14.6. The van der Waals surface area contributed by atoms with E-state index in [1.165, 1.54) is 37.0 Å². The van der Waals surface area contributed by atoms with E-state index in [4.69, 9.17) is 0 Å². The molecule has 0 fully saturated rings. The summed E-state index contributed by atoms with van der Waals surface area (Å²) in [7, 11) is 0. The fourth-order valence-corrected chi connectivity index (χ4v) is 2.64. The van der Waals surface area contributed by atoms with E-state index in [1.807, 2.05) is 11.8 Å². The molecular weight excluding hydrogens is 268 g/mol. The molecule has 0 unspecified atom stereocenters. The molecule has 0 spiro atoms. The third-order valence-corrected chi connectivity index (χ3v) is 3.91. The maximum Gasteiger partial charge on any atom is 0.134 e. The Morgan fingerprint density at radius 2 is 1.70 bits per heavy atom. The van der Waals surface area contributed by atoms with Crippen molar-refractivity contribution in [1.29, 1.82) is 0 Å². The van der Waals surface area contributed by atoms with Crippen LogP contribution in [-0.2, 0) is 6.42 Å². The Labute approximate surface area is 127 Å². The van der Waals surface area contributed by atoms with Gasteiger partial charge >= 0.3 is 0 Å². The average Bonchev–Trinajstić information content (AvgIpc) is 2.47. The SMILES string of the molecule is CCNc1ncnc(NCCCCCCSC)c1CC. The Morgan fingerprint density at radius 3 is 2.35 bits per heavy atom. The van der Waals surface area contributed by atoms with Crippen molar-refractivity contribution in [3.63, 3.8) is 0 Å². The Balaban J connectivity index is 2.37. The van der Waals surface area contributed by atoms with E-state index in [0.717, 1.165) is 31.1 Å². The van der Waals surface area contributed by atoms with Crippen molar-refractivity contribution in [1.82, 2.24) is 9.97 Å². The summed E-state index contributed by atoms with van der Waals surface area (Å²) >= 11 is 1.93. The summed E-state index contributed by atoms with van der Waals surface area (Å²) in [5.41, 5.74) is 1.19. The first kappa shape index (κ1) is 17.1. The van der Waals surface area contributed by atoms with Crippen molar-refractivity contribution in [3.8, 4) is 0 Å². The van der Waals surface area contributed by atoms with Crippen LogP contribution in [0.2, 0.25) is 0 Å². The number of rotatable bonds is 11. The molecule has 0 atom stereocenters. The monoisotopic (exact) mass is 296 g/mol. The van der Waals surface area contributed by atoms with Crippen molar-refractivity contribution >= 4 is 23.4 Å². The summed E-state index contributed by atoms with van der Waals surface area (Å²) in [6.45, 7) is 6.12. The molecule has 114 valence electrons. The van der Waals surface area contributed by atoms with Gasteiger partial charge in [0.15, 0.2) is 0 Å². The van der Waals surface area contributed by atoms with E-state index < -0.39 is 0 Å². The summed E-state index contributed by atoms with van der Waals surface area (Å²) in [5.74, 6) is 3.24.